The maximum Gasteiger partial charge on any atom is 0.110 e. The summed E-state index contributed by atoms with van der Waals surface area (Å²) in [6, 6.07) is 4.13. The minimum absolute atomic E-state index is 0.322. The van der Waals surface area contributed by atoms with Crippen LogP contribution in [-0.4, -0.2) is 6.54 Å². The molecule has 0 spiro atoms. The van der Waals surface area contributed by atoms with Gasteiger partial charge >= 0.3 is 0 Å². The Balaban J connectivity index is 2.18. The van der Waals surface area contributed by atoms with E-state index in [4.69, 9.17) is 10.2 Å². The molecule has 12 heavy (non-hydrogen) atoms. The number of hydrogen-bond acceptors (Lipinski definition) is 2. The largest absolute Gasteiger partial charge is 0.466 e. The van der Waals surface area contributed by atoms with Gasteiger partial charge in [-0.25, -0.2) is 0 Å². The molecule has 1 saturated carbocycles. The molecule has 1 aliphatic rings. The van der Waals surface area contributed by atoms with E-state index in [0.717, 1.165) is 24.5 Å². The zero-order chi connectivity index (χ0) is 8.60. The van der Waals surface area contributed by atoms with Crippen molar-refractivity contribution >= 4 is 0 Å². The summed E-state index contributed by atoms with van der Waals surface area (Å²) in [5, 5.41) is 0. The topological polar surface area (TPSA) is 39.2 Å². The van der Waals surface area contributed by atoms with Gasteiger partial charge in [0.15, 0.2) is 0 Å². The molecule has 0 amide bonds. The second-order valence-corrected chi connectivity index (χ2v) is 3.73. The van der Waals surface area contributed by atoms with Crippen molar-refractivity contribution in [3.05, 3.63) is 23.7 Å². The number of rotatable bonds is 3. The molecule has 0 atom stereocenters. The molecule has 0 saturated heterocycles. The molecule has 2 nitrogen and oxygen atoms in total. The van der Waals surface area contributed by atoms with Crippen LogP contribution < -0.4 is 5.73 Å². The fraction of sp³-hybridized carbons (Fsp3) is 0.600. The first-order chi connectivity index (χ1) is 5.77. The number of aryl methyl sites for hydroxylation is 1. The van der Waals surface area contributed by atoms with Crippen molar-refractivity contribution in [2.45, 2.75) is 31.6 Å². The Labute approximate surface area is 72.7 Å². The molecule has 1 aromatic heterocycles. The van der Waals surface area contributed by atoms with Gasteiger partial charge in [0.25, 0.3) is 0 Å². The molecule has 0 unspecified atom stereocenters. The number of furan rings is 1. The summed E-state index contributed by atoms with van der Waals surface area (Å²) in [5.41, 5.74) is 5.88. The van der Waals surface area contributed by atoms with Crippen LogP contribution in [0.5, 0.6) is 0 Å². The van der Waals surface area contributed by atoms with Crippen molar-refractivity contribution in [2.75, 3.05) is 6.54 Å². The smallest absolute Gasteiger partial charge is 0.110 e. The molecule has 2 heteroatoms. The van der Waals surface area contributed by atoms with E-state index >= 15 is 0 Å². The van der Waals surface area contributed by atoms with Crippen molar-refractivity contribution in [3.8, 4) is 0 Å². The molecular weight excluding hydrogens is 150 g/mol. The van der Waals surface area contributed by atoms with Crippen LogP contribution >= 0.6 is 0 Å². The summed E-state index contributed by atoms with van der Waals surface area (Å²) in [6.07, 6.45) is 3.56. The van der Waals surface area contributed by atoms with Gasteiger partial charge in [0.05, 0.1) is 0 Å². The maximum absolute atomic E-state index is 5.61. The second kappa shape index (κ2) is 2.63. The van der Waals surface area contributed by atoms with E-state index in [-0.39, 0.29) is 0 Å². The fourth-order valence-electron chi connectivity index (χ4n) is 1.77. The Hall–Kier alpha value is -0.760. The SMILES string of the molecule is Cc1ccc(C2(CCN)CC2)o1. The van der Waals surface area contributed by atoms with E-state index in [1.165, 1.54) is 12.8 Å². The lowest BCUT2D eigenvalue weighted by Gasteiger charge is -2.09. The van der Waals surface area contributed by atoms with Gasteiger partial charge in [-0.2, -0.15) is 0 Å². The van der Waals surface area contributed by atoms with Crippen LogP contribution in [0.15, 0.2) is 16.5 Å². The lowest BCUT2D eigenvalue weighted by atomic mass is 10.00. The van der Waals surface area contributed by atoms with Crippen LogP contribution in [0, 0.1) is 6.92 Å². The van der Waals surface area contributed by atoms with Crippen LogP contribution in [-0.2, 0) is 5.41 Å². The van der Waals surface area contributed by atoms with Crippen LogP contribution in [0.3, 0.4) is 0 Å². The predicted octanol–water partition coefficient (Wildman–Crippen LogP) is 1.97. The van der Waals surface area contributed by atoms with Crippen LogP contribution in [0.25, 0.3) is 0 Å². The Kier molecular flexibility index (Phi) is 1.72. The minimum Gasteiger partial charge on any atom is -0.466 e. The Morgan fingerprint density at radius 1 is 1.50 bits per heavy atom. The third-order valence-electron chi connectivity index (χ3n) is 2.74. The highest BCUT2D eigenvalue weighted by Gasteiger charge is 2.45. The van der Waals surface area contributed by atoms with E-state index in [2.05, 4.69) is 6.07 Å². The first-order valence-electron chi connectivity index (χ1n) is 4.54. The summed E-state index contributed by atoms with van der Waals surface area (Å²) >= 11 is 0. The van der Waals surface area contributed by atoms with Crippen molar-refractivity contribution < 1.29 is 4.42 Å². The quantitative estimate of drug-likeness (QED) is 0.743. The summed E-state index contributed by atoms with van der Waals surface area (Å²) < 4.78 is 5.61. The molecule has 0 bridgehead atoms. The zero-order valence-electron chi connectivity index (χ0n) is 7.47. The summed E-state index contributed by atoms with van der Waals surface area (Å²) in [4.78, 5) is 0. The molecule has 0 aliphatic heterocycles. The molecular formula is C10H15NO. The highest BCUT2D eigenvalue weighted by Crippen LogP contribution is 2.51. The van der Waals surface area contributed by atoms with E-state index in [0.29, 0.717) is 5.41 Å². The van der Waals surface area contributed by atoms with Crippen LogP contribution in [0.4, 0.5) is 0 Å². The van der Waals surface area contributed by atoms with Gasteiger partial charge in [-0.15, -0.1) is 0 Å². The normalized spacial score (nSPS) is 19.5. The molecule has 2 N–H and O–H groups in total. The highest BCUT2D eigenvalue weighted by atomic mass is 16.3. The molecule has 0 aromatic carbocycles. The van der Waals surface area contributed by atoms with E-state index < -0.39 is 0 Å². The van der Waals surface area contributed by atoms with Crippen molar-refractivity contribution in [3.63, 3.8) is 0 Å². The average molecular weight is 165 g/mol. The van der Waals surface area contributed by atoms with Gasteiger partial charge in [0.1, 0.15) is 11.5 Å². The molecule has 66 valence electrons. The molecule has 1 aliphatic carbocycles. The number of nitrogens with two attached hydrogens (primary N) is 1. The summed E-state index contributed by atoms with van der Waals surface area (Å²) in [7, 11) is 0. The highest BCUT2D eigenvalue weighted by molar-refractivity contribution is 5.23. The second-order valence-electron chi connectivity index (χ2n) is 3.73. The van der Waals surface area contributed by atoms with Crippen molar-refractivity contribution in [1.29, 1.82) is 0 Å². The lowest BCUT2D eigenvalue weighted by Crippen LogP contribution is -2.12. The molecule has 1 aromatic rings. The van der Waals surface area contributed by atoms with Crippen LogP contribution in [0.1, 0.15) is 30.8 Å². The zero-order valence-corrected chi connectivity index (χ0v) is 7.47. The minimum atomic E-state index is 0.322. The number of hydrogen-bond donors (Lipinski definition) is 1. The Morgan fingerprint density at radius 3 is 2.67 bits per heavy atom. The van der Waals surface area contributed by atoms with Crippen LogP contribution in [0.2, 0.25) is 0 Å². The van der Waals surface area contributed by atoms with E-state index in [1.54, 1.807) is 0 Å². The first kappa shape index (κ1) is 7.87. The van der Waals surface area contributed by atoms with Crippen molar-refractivity contribution in [1.82, 2.24) is 0 Å². The third kappa shape index (κ3) is 1.16. The maximum atomic E-state index is 5.61. The summed E-state index contributed by atoms with van der Waals surface area (Å²) in [6.45, 7) is 2.75. The Bertz CT molecular complexity index is 273. The third-order valence-corrected chi connectivity index (χ3v) is 2.74. The van der Waals surface area contributed by atoms with Gasteiger partial charge in [0.2, 0.25) is 0 Å². The van der Waals surface area contributed by atoms with Gasteiger partial charge in [-0.1, -0.05) is 0 Å². The average Bonchev–Trinajstić information content (AvgIpc) is 2.69. The molecule has 1 heterocycles. The first-order valence-corrected chi connectivity index (χ1v) is 4.54. The molecule has 2 rings (SSSR count). The predicted molar refractivity (Wildman–Crippen MR) is 48.0 cm³/mol. The van der Waals surface area contributed by atoms with Crippen molar-refractivity contribution in [2.24, 2.45) is 5.73 Å². The van der Waals surface area contributed by atoms with Gasteiger partial charge < -0.3 is 10.2 Å². The molecule has 1 fully saturated rings. The lowest BCUT2D eigenvalue weighted by molar-refractivity contribution is 0.421. The standard InChI is InChI=1S/C10H15NO/c1-8-2-3-9(12-8)10(4-5-10)6-7-11/h2-3H,4-7,11H2,1H3. The van der Waals surface area contributed by atoms with Gasteiger partial charge in [-0.3, -0.25) is 0 Å². The van der Waals surface area contributed by atoms with Gasteiger partial charge in [-0.05, 0) is 44.9 Å². The van der Waals surface area contributed by atoms with E-state index in [1.807, 2.05) is 13.0 Å². The fourth-order valence-corrected chi connectivity index (χ4v) is 1.77. The van der Waals surface area contributed by atoms with Gasteiger partial charge in [0, 0.05) is 5.41 Å². The summed E-state index contributed by atoms with van der Waals surface area (Å²) in [5.74, 6) is 2.15. The van der Waals surface area contributed by atoms with E-state index in [9.17, 15) is 0 Å². The monoisotopic (exact) mass is 165 g/mol. The molecule has 0 radical (unpaired) electrons. The Morgan fingerprint density at radius 2 is 2.25 bits per heavy atom.